The quantitative estimate of drug-likeness (QED) is 0.329. The lowest BCUT2D eigenvalue weighted by molar-refractivity contribution is -0.134. The Morgan fingerprint density at radius 2 is 1.30 bits per heavy atom. The maximum absolute atomic E-state index is 13.1. The summed E-state index contributed by atoms with van der Waals surface area (Å²) in [6.07, 6.45) is 1.26. The first-order chi connectivity index (χ1) is 24.0. The topological polar surface area (TPSA) is 207 Å². The summed E-state index contributed by atoms with van der Waals surface area (Å²) in [4.78, 5) is 103. The minimum absolute atomic E-state index is 0.105. The van der Waals surface area contributed by atoms with E-state index in [4.69, 9.17) is 4.74 Å². The lowest BCUT2D eigenvalue weighted by atomic mass is 9.92. The average molecular weight is 682 g/mol. The molecule has 16 heteroatoms. The van der Waals surface area contributed by atoms with Gasteiger partial charge in [-0.3, -0.25) is 38.9 Å². The highest BCUT2D eigenvalue weighted by molar-refractivity contribution is 6.09. The van der Waals surface area contributed by atoms with E-state index in [0.717, 1.165) is 0 Å². The van der Waals surface area contributed by atoms with Crippen molar-refractivity contribution < 1.29 is 43.1 Å². The first-order valence-corrected chi connectivity index (χ1v) is 16.1. The molecule has 4 aliphatic rings. The van der Waals surface area contributed by atoms with Crippen molar-refractivity contribution in [3.05, 3.63) is 70.5 Å². The SMILES string of the molecule is O=C1CCC(N2Cc3c(NC(=O)Cn4cc(COC(=O)Nc5cccc6c5CN(C5CCC(=O)CC5=O)C6=O)nn4)cccc3C2=O)C(=O)C1. The normalized spacial score (nSPS) is 20.2. The van der Waals surface area contributed by atoms with Crippen LogP contribution >= 0.6 is 0 Å². The van der Waals surface area contributed by atoms with Crippen molar-refractivity contribution in [2.75, 3.05) is 10.6 Å². The fourth-order valence-corrected chi connectivity index (χ4v) is 6.93. The van der Waals surface area contributed by atoms with E-state index in [-0.39, 0.29) is 105 Å². The van der Waals surface area contributed by atoms with Gasteiger partial charge >= 0.3 is 6.09 Å². The Hall–Kier alpha value is -6.06. The van der Waals surface area contributed by atoms with Gasteiger partial charge in [-0.05, 0) is 37.1 Å². The molecule has 3 aromatic rings. The molecule has 2 saturated carbocycles. The lowest BCUT2D eigenvalue weighted by Gasteiger charge is -2.29. The van der Waals surface area contributed by atoms with Crippen LogP contribution in [0.25, 0.3) is 0 Å². The summed E-state index contributed by atoms with van der Waals surface area (Å²) < 4.78 is 6.56. The van der Waals surface area contributed by atoms with Gasteiger partial charge in [-0.25, -0.2) is 9.48 Å². The zero-order valence-corrected chi connectivity index (χ0v) is 26.7. The summed E-state index contributed by atoms with van der Waals surface area (Å²) in [6, 6.07) is 8.40. The number of Topliss-reactive ketones (excluding diaryl/α,β-unsaturated/α-hetero) is 4. The Bertz CT molecular complexity index is 2000. The zero-order chi connectivity index (χ0) is 35.1. The van der Waals surface area contributed by atoms with Crippen LogP contribution in [0.2, 0.25) is 0 Å². The molecule has 2 unspecified atom stereocenters. The molecule has 0 spiro atoms. The fourth-order valence-electron chi connectivity index (χ4n) is 6.93. The van der Waals surface area contributed by atoms with Crippen molar-refractivity contribution in [3.8, 4) is 0 Å². The van der Waals surface area contributed by atoms with E-state index < -0.39 is 24.1 Å². The van der Waals surface area contributed by atoms with Crippen molar-refractivity contribution in [2.45, 2.75) is 76.8 Å². The Labute approximate surface area is 284 Å². The third-order valence-corrected chi connectivity index (χ3v) is 9.38. The molecule has 2 atom stereocenters. The number of carbonyl (C=O) groups is 8. The van der Waals surface area contributed by atoms with Crippen LogP contribution in [0, 0.1) is 0 Å². The molecule has 0 bridgehead atoms. The van der Waals surface area contributed by atoms with Crippen LogP contribution < -0.4 is 10.6 Å². The number of carbonyl (C=O) groups excluding carboxylic acids is 8. The number of fused-ring (bicyclic) bond motifs is 2. The number of nitrogens with zero attached hydrogens (tertiary/aromatic N) is 5. The lowest BCUT2D eigenvalue weighted by Crippen LogP contribution is -2.44. The van der Waals surface area contributed by atoms with Crippen LogP contribution in [0.1, 0.15) is 76.1 Å². The molecule has 3 heterocycles. The molecule has 0 radical (unpaired) electrons. The summed E-state index contributed by atoms with van der Waals surface area (Å²) in [5, 5.41) is 13.3. The molecule has 4 amide bonds. The molecule has 2 aliphatic carbocycles. The Morgan fingerprint density at radius 1 is 0.760 bits per heavy atom. The maximum atomic E-state index is 13.1. The summed E-state index contributed by atoms with van der Waals surface area (Å²) in [5.41, 5.74) is 2.88. The van der Waals surface area contributed by atoms with Crippen molar-refractivity contribution in [1.29, 1.82) is 0 Å². The second-order valence-corrected chi connectivity index (χ2v) is 12.7. The van der Waals surface area contributed by atoms with Crippen LogP contribution in [-0.2, 0) is 55.0 Å². The van der Waals surface area contributed by atoms with Gasteiger partial charge in [0.2, 0.25) is 5.91 Å². The highest BCUT2D eigenvalue weighted by Gasteiger charge is 2.41. The number of hydrogen-bond acceptors (Lipinski definition) is 11. The van der Waals surface area contributed by atoms with E-state index in [1.807, 2.05) is 0 Å². The summed E-state index contributed by atoms with van der Waals surface area (Å²) in [7, 11) is 0. The van der Waals surface area contributed by atoms with Gasteiger partial charge in [0.15, 0.2) is 11.6 Å². The first-order valence-electron chi connectivity index (χ1n) is 16.1. The van der Waals surface area contributed by atoms with E-state index >= 15 is 0 Å². The van der Waals surface area contributed by atoms with E-state index in [2.05, 4.69) is 20.9 Å². The second-order valence-electron chi connectivity index (χ2n) is 12.7. The van der Waals surface area contributed by atoms with Crippen molar-refractivity contribution in [2.24, 2.45) is 0 Å². The van der Waals surface area contributed by atoms with Gasteiger partial charge in [0.1, 0.15) is 30.4 Å². The predicted molar refractivity (Wildman–Crippen MR) is 170 cm³/mol. The Morgan fingerprint density at radius 3 is 1.84 bits per heavy atom. The van der Waals surface area contributed by atoms with Gasteiger partial charge in [0.05, 0.1) is 31.1 Å². The number of benzene rings is 2. The van der Waals surface area contributed by atoms with E-state index in [0.29, 0.717) is 33.6 Å². The fraction of sp³-hybridized carbons (Fsp3) is 0.353. The van der Waals surface area contributed by atoms with Gasteiger partial charge in [0.25, 0.3) is 11.8 Å². The van der Waals surface area contributed by atoms with E-state index in [1.54, 1.807) is 36.4 Å². The molecule has 16 nitrogen and oxygen atoms in total. The smallest absolute Gasteiger partial charge is 0.412 e. The predicted octanol–water partition coefficient (Wildman–Crippen LogP) is 1.96. The van der Waals surface area contributed by atoms with Crippen LogP contribution in [0.4, 0.5) is 16.2 Å². The number of aromatic nitrogens is 3. The Kier molecular flexibility index (Phi) is 8.51. The van der Waals surface area contributed by atoms with Gasteiger partial charge in [0, 0.05) is 59.6 Å². The van der Waals surface area contributed by atoms with E-state index in [1.165, 1.54) is 20.7 Å². The minimum atomic E-state index is -0.820. The van der Waals surface area contributed by atoms with Crippen molar-refractivity contribution >= 4 is 58.3 Å². The van der Waals surface area contributed by atoms with Gasteiger partial charge in [-0.15, -0.1) is 5.10 Å². The second kappa shape index (κ2) is 13.1. The maximum Gasteiger partial charge on any atom is 0.412 e. The molecule has 256 valence electrons. The first kappa shape index (κ1) is 32.5. The van der Waals surface area contributed by atoms with Crippen LogP contribution in [0.3, 0.4) is 0 Å². The molecule has 2 aromatic carbocycles. The molecule has 1 aromatic heterocycles. The molecular formula is C34H31N7O9. The van der Waals surface area contributed by atoms with Gasteiger partial charge in [-0.2, -0.15) is 0 Å². The standard InChI is InChI=1S/C34H31N7O9/c42-19-7-9-27(29(44)11-19)40-14-23-21(32(40)47)3-1-5-25(23)35-31(46)16-39-13-18(37-38-39)17-50-34(49)36-26-6-2-4-22-24(26)15-41(33(22)48)28-10-8-20(43)12-30(28)45/h1-6,13,27-28H,7-12,14-17H2,(H,35,46)(H,36,49). The molecule has 2 N–H and O–H groups in total. The van der Waals surface area contributed by atoms with Crippen molar-refractivity contribution in [1.82, 2.24) is 24.8 Å². The van der Waals surface area contributed by atoms with Gasteiger partial charge in [-0.1, -0.05) is 17.3 Å². The third-order valence-electron chi connectivity index (χ3n) is 9.38. The summed E-state index contributed by atoms with van der Waals surface area (Å²) in [6.45, 7) is -0.269. The number of hydrogen-bond donors (Lipinski definition) is 2. The van der Waals surface area contributed by atoms with Crippen LogP contribution in [-0.4, -0.2) is 83.8 Å². The number of nitrogens with one attached hydrogen (secondary N) is 2. The zero-order valence-electron chi connectivity index (χ0n) is 26.7. The minimum Gasteiger partial charge on any atom is -0.443 e. The number of amides is 4. The van der Waals surface area contributed by atoms with E-state index in [9.17, 15) is 38.4 Å². The van der Waals surface area contributed by atoms with Gasteiger partial charge < -0.3 is 19.9 Å². The molecule has 7 rings (SSSR count). The number of ketones is 4. The molecule has 50 heavy (non-hydrogen) atoms. The van der Waals surface area contributed by atoms with Crippen LogP contribution in [0.5, 0.6) is 0 Å². The monoisotopic (exact) mass is 681 g/mol. The number of ether oxygens (including phenoxy) is 1. The number of anilines is 2. The summed E-state index contributed by atoms with van der Waals surface area (Å²) in [5.74, 6) is -1.96. The number of rotatable bonds is 8. The molecule has 2 fully saturated rings. The Balaban J connectivity index is 0.923. The average Bonchev–Trinajstić information content (AvgIpc) is 3.77. The largest absolute Gasteiger partial charge is 0.443 e. The summed E-state index contributed by atoms with van der Waals surface area (Å²) >= 11 is 0. The third kappa shape index (κ3) is 6.26. The molecular weight excluding hydrogens is 650 g/mol. The highest BCUT2D eigenvalue weighted by Crippen LogP contribution is 2.34. The van der Waals surface area contributed by atoms with Crippen LogP contribution in [0.15, 0.2) is 42.6 Å². The highest BCUT2D eigenvalue weighted by atomic mass is 16.5. The molecule has 2 aliphatic heterocycles. The molecule has 0 saturated heterocycles. The van der Waals surface area contributed by atoms with Crippen molar-refractivity contribution in [3.63, 3.8) is 0 Å².